The van der Waals surface area contributed by atoms with Crippen LogP contribution >= 0.6 is 0 Å². The molecule has 0 aliphatic heterocycles. The Morgan fingerprint density at radius 2 is 2.36 bits per heavy atom. The summed E-state index contributed by atoms with van der Waals surface area (Å²) in [4.78, 5) is 16.8. The maximum atomic E-state index is 10.2. The number of aromatic amines is 1. The third-order valence-electron chi connectivity index (χ3n) is 2.01. The van der Waals surface area contributed by atoms with Gasteiger partial charge in [0, 0.05) is 17.6 Å². The maximum absolute atomic E-state index is 10.2. The second-order valence-corrected chi connectivity index (χ2v) is 2.79. The fourth-order valence-electron chi connectivity index (χ4n) is 1.38. The van der Waals surface area contributed by atoms with Crippen LogP contribution in [0, 0.1) is 0 Å². The zero-order valence-electron chi connectivity index (χ0n) is 7.57. The molecule has 0 fully saturated rings. The van der Waals surface area contributed by atoms with Gasteiger partial charge in [-0.25, -0.2) is 4.79 Å². The largest absolute Gasteiger partial charge is 0.497 e. The van der Waals surface area contributed by atoms with Gasteiger partial charge in [0.05, 0.1) is 12.6 Å². The number of nitrogens with one attached hydrogen (secondary N) is 1. The van der Waals surface area contributed by atoms with Crippen molar-refractivity contribution < 1.29 is 9.53 Å². The number of methoxy groups -OCH3 is 1. The Labute approximate surface area is 80.2 Å². The minimum atomic E-state index is 0.541. The molecule has 0 aliphatic rings. The van der Waals surface area contributed by atoms with Crippen LogP contribution in [0.15, 0.2) is 29.4 Å². The van der Waals surface area contributed by atoms with Crippen LogP contribution in [0.1, 0.15) is 0 Å². The van der Waals surface area contributed by atoms with E-state index in [9.17, 15) is 4.79 Å². The lowest BCUT2D eigenvalue weighted by Gasteiger charge is -2.01. The molecule has 1 aromatic carbocycles. The monoisotopic (exact) mass is 188 g/mol. The zero-order valence-corrected chi connectivity index (χ0v) is 7.57. The molecule has 0 unspecified atom stereocenters. The Morgan fingerprint density at radius 3 is 3.07 bits per heavy atom. The van der Waals surface area contributed by atoms with E-state index >= 15 is 0 Å². The molecule has 0 spiro atoms. The van der Waals surface area contributed by atoms with Crippen LogP contribution in [-0.2, 0) is 4.79 Å². The van der Waals surface area contributed by atoms with Gasteiger partial charge in [0.25, 0.3) is 0 Å². The lowest BCUT2D eigenvalue weighted by molar-refractivity contribution is 0.415. The van der Waals surface area contributed by atoms with Crippen LogP contribution < -0.4 is 4.74 Å². The van der Waals surface area contributed by atoms with Gasteiger partial charge in [-0.1, -0.05) is 0 Å². The number of ether oxygens (including phenoxy) is 1. The van der Waals surface area contributed by atoms with Crippen LogP contribution in [0.4, 0.5) is 5.69 Å². The fourth-order valence-corrected chi connectivity index (χ4v) is 1.38. The molecule has 0 aliphatic carbocycles. The van der Waals surface area contributed by atoms with Gasteiger partial charge in [-0.05, 0) is 12.1 Å². The van der Waals surface area contributed by atoms with Crippen molar-refractivity contribution in [3.05, 3.63) is 24.4 Å². The molecule has 2 aromatic rings. The highest BCUT2D eigenvalue weighted by Gasteiger charge is 2.04. The van der Waals surface area contributed by atoms with E-state index in [0.717, 1.165) is 10.9 Å². The standard InChI is InChI=1S/C10H8N2O2/c1-14-8-4-7-2-3-11-10(7)9(5-8)12-6-13/h2-5,11H,1H3. The number of H-pyrrole nitrogens is 1. The number of aliphatic imine (C=N–C) groups is 1. The molecule has 4 nitrogen and oxygen atoms in total. The van der Waals surface area contributed by atoms with E-state index in [1.165, 1.54) is 6.08 Å². The Morgan fingerprint density at radius 1 is 1.50 bits per heavy atom. The van der Waals surface area contributed by atoms with Crippen molar-refractivity contribution in [1.82, 2.24) is 4.98 Å². The van der Waals surface area contributed by atoms with Crippen LogP contribution in [-0.4, -0.2) is 18.2 Å². The molecule has 0 saturated heterocycles. The van der Waals surface area contributed by atoms with Crippen molar-refractivity contribution in [2.45, 2.75) is 0 Å². The van der Waals surface area contributed by atoms with Gasteiger partial charge in [0.2, 0.25) is 6.08 Å². The van der Waals surface area contributed by atoms with Gasteiger partial charge >= 0.3 is 0 Å². The van der Waals surface area contributed by atoms with Gasteiger partial charge in [0.1, 0.15) is 11.4 Å². The summed E-state index contributed by atoms with van der Waals surface area (Å²) >= 11 is 0. The Bertz CT molecular complexity index is 510. The van der Waals surface area contributed by atoms with Crippen LogP contribution in [0.3, 0.4) is 0 Å². The Hall–Kier alpha value is -2.06. The van der Waals surface area contributed by atoms with Crippen LogP contribution in [0.2, 0.25) is 0 Å². The first-order chi connectivity index (χ1) is 6.85. The van der Waals surface area contributed by atoms with E-state index in [1.807, 2.05) is 12.1 Å². The number of aromatic nitrogens is 1. The maximum Gasteiger partial charge on any atom is 0.240 e. The first kappa shape index (κ1) is 8.53. The average Bonchev–Trinajstić information content (AvgIpc) is 2.66. The summed E-state index contributed by atoms with van der Waals surface area (Å²) in [5.41, 5.74) is 1.36. The molecule has 4 heteroatoms. The molecule has 0 atom stereocenters. The molecule has 1 N–H and O–H groups in total. The first-order valence-corrected chi connectivity index (χ1v) is 4.08. The predicted octanol–water partition coefficient (Wildman–Crippen LogP) is 2.14. The predicted molar refractivity (Wildman–Crippen MR) is 52.6 cm³/mol. The SMILES string of the molecule is COc1cc(N=C=O)c2[nH]ccc2c1. The van der Waals surface area contributed by atoms with E-state index in [-0.39, 0.29) is 0 Å². The fraction of sp³-hybridized carbons (Fsp3) is 0.100. The average molecular weight is 188 g/mol. The van der Waals surface area contributed by atoms with Gasteiger partial charge in [-0.2, -0.15) is 4.99 Å². The molecule has 1 heterocycles. The van der Waals surface area contributed by atoms with Crippen LogP contribution in [0.5, 0.6) is 5.75 Å². The number of benzene rings is 1. The summed E-state index contributed by atoms with van der Waals surface area (Å²) in [7, 11) is 1.57. The van der Waals surface area contributed by atoms with E-state index in [0.29, 0.717) is 11.4 Å². The number of rotatable bonds is 2. The van der Waals surface area contributed by atoms with E-state index in [2.05, 4.69) is 9.98 Å². The van der Waals surface area contributed by atoms with Crippen molar-refractivity contribution in [3.63, 3.8) is 0 Å². The summed E-state index contributed by atoms with van der Waals surface area (Å²) in [5.74, 6) is 0.672. The lowest BCUT2D eigenvalue weighted by Crippen LogP contribution is -1.82. The third-order valence-corrected chi connectivity index (χ3v) is 2.01. The molecule has 2 rings (SSSR count). The molecule has 0 radical (unpaired) electrons. The van der Waals surface area contributed by atoms with Gasteiger partial charge in [-0.3, -0.25) is 0 Å². The van der Waals surface area contributed by atoms with Crippen LogP contribution in [0.25, 0.3) is 10.9 Å². The lowest BCUT2D eigenvalue weighted by atomic mass is 10.2. The summed E-state index contributed by atoms with van der Waals surface area (Å²) < 4.78 is 5.07. The Balaban J connectivity index is 2.76. The van der Waals surface area contributed by atoms with Crippen molar-refractivity contribution >= 4 is 22.7 Å². The van der Waals surface area contributed by atoms with E-state index < -0.39 is 0 Å². The molecular weight excluding hydrogens is 180 g/mol. The zero-order chi connectivity index (χ0) is 9.97. The Kier molecular flexibility index (Phi) is 2.05. The second kappa shape index (κ2) is 3.36. The summed E-state index contributed by atoms with van der Waals surface area (Å²) in [6.45, 7) is 0. The van der Waals surface area contributed by atoms with Gasteiger partial charge < -0.3 is 9.72 Å². The van der Waals surface area contributed by atoms with Crippen molar-refractivity contribution in [3.8, 4) is 5.75 Å². The number of fused-ring (bicyclic) bond motifs is 1. The molecule has 0 saturated carbocycles. The molecule has 0 amide bonds. The molecule has 0 bridgehead atoms. The molecule has 70 valence electrons. The van der Waals surface area contributed by atoms with Gasteiger partial charge in [-0.15, -0.1) is 0 Å². The number of hydrogen-bond acceptors (Lipinski definition) is 3. The van der Waals surface area contributed by atoms with E-state index in [4.69, 9.17) is 4.74 Å². The second-order valence-electron chi connectivity index (χ2n) is 2.79. The highest BCUT2D eigenvalue weighted by atomic mass is 16.5. The van der Waals surface area contributed by atoms with E-state index in [1.54, 1.807) is 19.4 Å². The van der Waals surface area contributed by atoms with Crippen molar-refractivity contribution in [1.29, 1.82) is 0 Å². The summed E-state index contributed by atoms with van der Waals surface area (Å²) in [6.07, 6.45) is 3.30. The normalized spacial score (nSPS) is 9.79. The van der Waals surface area contributed by atoms with Crippen molar-refractivity contribution in [2.24, 2.45) is 4.99 Å². The highest BCUT2D eigenvalue weighted by Crippen LogP contribution is 2.29. The summed E-state index contributed by atoms with van der Waals surface area (Å²) in [5, 5.41) is 0.957. The smallest absolute Gasteiger partial charge is 0.240 e. The number of hydrogen-bond donors (Lipinski definition) is 1. The number of nitrogens with zero attached hydrogens (tertiary/aromatic N) is 1. The van der Waals surface area contributed by atoms with Crippen molar-refractivity contribution in [2.75, 3.05) is 7.11 Å². The molecule has 14 heavy (non-hydrogen) atoms. The molecule has 1 aromatic heterocycles. The highest BCUT2D eigenvalue weighted by molar-refractivity contribution is 5.91. The first-order valence-electron chi connectivity index (χ1n) is 4.08. The quantitative estimate of drug-likeness (QED) is 0.579. The molecular formula is C10H8N2O2. The van der Waals surface area contributed by atoms with Gasteiger partial charge in [0.15, 0.2) is 0 Å². The minimum Gasteiger partial charge on any atom is -0.497 e. The third kappa shape index (κ3) is 1.28. The topological polar surface area (TPSA) is 54.4 Å². The number of isocyanates is 1. The number of carbonyl (C=O) groups excluding carboxylic acids is 1. The minimum absolute atomic E-state index is 0.541. The summed E-state index contributed by atoms with van der Waals surface area (Å²) in [6, 6.07) is 5.45.